The van der Waals surface area contributed by atoms with Crippen LogP contribution < -0.4 is 11.5 Å². The molecule has 0 saturated heterocycles. The van der Waals surface area contributed by atoms with Crippen LogP contribution in [0.3, 0.4) is 0 Å². The highest BCUT2D eigenvalue weighted by atomic mass is 32.2. The van der Waals surface area contributed by atoms with Crippen LogP contribution in [0.25, 0.3) is 0 Å². The third-order valence-corrected chi connectivity index (χ3v) is 2.51. The molecule has 70 valence electrons. The molecule has 5 heteroatoms. The van der Waals surface area contributed by atoms with Crippen molar-refractivity contribution in [2.24, 2.45) is 5.73 Å². The minimum Gasteiger partial charge on any atom is -0.397 e. The number of aromatic nitrogens is 1. The monoisotopic (exact) mass is 197 g/mol. The van der Waals surface area contributed by atoms with Crippen molar-refractivity contribution >= 4 is 23.4 Å². The maximum Gasteiger partial charge on any atom is 0.218 e. The lowest BCUT2D eigenvalue weighted by atomic mass is 10.4. The number of nitrogen functional groups attached to an aromatic ring is 1. The molecule has 1 amide bonds. The van der Waals surface area contributed by atoms with Crippen LogP contribution in [-0.2, 0) is 4.79 Å². The first-order chi connectivity index (χ1) is 6.20. The van der Waals surface area contributed by atoms with E-state index in [2.05, 4.69) is 4.98 Å². The van der Waals surface area contributed by atoms with Gasteiger partial charge in [-0.2, -0.15) is 0 Å². The number of hydrogen-bond donors (Lipinski definition) is 2. The first kappa shape index (κ1) is 9.85. The van der Waals surface area contributed by atoms with E-state index in [0.717, 1.165) is 4.90 Å². The van der Waals surface area contributed by atoms with E-state index < -0.39 is 0 Å². The molecule has 1 aromatic rings. The van der Waals surface area contributed by atoms with Gasteiger partial charge < -0.3 is 11.5 Å². The summed E-state index contributed by atoms with van der Waals surface area (Å²) in [4.78, 5) is 15.2. The van der Waals surface area contributed by atoms with Crippen LogP contribution in [0.15, 0.2) is 23.4 Å². The number of thioether (sulfide) groups is 1. The van der Waals surface area contributed by atoms with Crippen LogP contribution in [0.5, 0.6) is 0 Å². The normalized spacial score (nSPS) is 9.85. The molecule has 0 radical (unpaired) electrons. The summed E-state index contributed by atoms with van der Waals surface area (Å²) >= 11 is 1.51. The SMILES string of the molecule is NC(=O)CCSc1ccncc1N. The Labute approximate surface area is 80.7 Å². The Morgan fingerprint density at radius 2 is 2.38 bits per heavy atom. The van der Waals surface area contributed by atoms with Gasteiger partial charge in [0.1, 0.15) is 0 Å². The van der Waals surface area contributed by atoms with Gasteiger partial charge in [-0.3, -0.25) is 9.78 Å². The predicted molar refractivity (Wildman–Crippen MR) is 53.2 cm³/mol. The van der Waals surface area contributed by atoms with Crippen molar-refractivity contribution in [2.45, 2.75) is 11.3 Å². The van der Waals surface area contributed by atoms with Crippen molar-refractivity contribution in [3.63, 3.8) is 0 Å². The third kappa shape index (κ3) is 3.33. The van der Waals surface area contributed by atoms with Crippen molar-refractivity contribution in [3.05, 3.63) is 18.5 Å². The first-order valence-electron chi connectivity index (χ1n) is 3.80. The second-order valence-electron chi connectivity index (χ2n) is 2.48. The van der Waals surface area contributed by atoms with Crippen LogP contribution in [0.1, 0.15) is 6.42 Å². The van der Waals surface area contributed by atoms with Crippen molar-refractivity contribution in [2.75, 3.05) is 11.5 Å². The van der Waals surface area contributed by atoms with Crippen molar-refractivity contribution in [1.82, 2.24) is 4.98 Å². The molecule has 0 saturated carbocycles. The van der Waals surface area contributed by atoms with Gasteiger partial charge in [-0.15, -0.1) is 11.8 Å². The molecule has 0 spiro atoms. The second kappa shape index (κ2) is 4.71. The number of rotatable bonds is 4. The number of pyridine rings is 1. The maximum absolute atomic E-state index is 10.4. The highest BCUT2D eigenvalue weighted by Crippen LogP contribution is 2.23. The Kier molecular flexibility index (Phi) is 3.57. The molecule has 0 aliphatic rings. The molecule has 13 heavy (non-hydrogen) atoms. The summed E-state index contributed by atoms with van der Waals surface area (Å²) in [7, 11) is 0. The fourth-order valence-corrected chi connectivity index (χ4v) is 1.69. The average molecular weight is 197 g/mol. The zero-order chi connectivity index (χ0) is 9.68. The van der Waals surface area contributed by atoms with Gasteiger partial charge in [0.15, 0.2) is 0 Å². The predicted octanol–water partition coefficient (Wildman–Crippen LogP) is 0.631. The Hall–Kier alpha value is -1.23. The highest BCUT2D eigenvalue weighted by molar-refractivity contribution is 7.99. The Bertz CT molecular complexity index is 303. The van der Waals surface area contributed by atoms with Gasteiger partial charge in [0, 0.05) is 23.3 Å². The molecule has 0 unspecified atom stereocenters. The second-order valence-corrected chi connectivity index (χ2v) is 3.62. The van der Waals surface area contributed by atoms with Gasteiger partial charge in [0.25, 0.3) is 0 Å². The van der Waals surface area contributed by atoms with E-state index in [-0.39, 0.29) is 5.91 Å². The van der Waals surface area contributed by atoms with Crippen LogP contribution in [-0.4, -0.2) is 16.6 Å². The van der Waals surface area contributed by atoms with E-state index >= 15 is 0 Å². The molecule has 0 aliphatic carbocycles. The summed E-state index contributed by atoms with van der Waals surface area (Å²) in [6.07, 6.45) is 3.63. The van der Waals surface area contributed by atoms with Gasteiger partial charge in [0.2, 0.25) is 5.91 Å². The molecule has 4 nitrogen and oxygen atoms in total. The van der Waals surface area contributed by atoms with Crippen LogP contribution in [0.4, 0.5) is 5.69 Å². The summed E-state index contributed by atoms with van der Waals surface area (Å²) in [5.41, 5.74) is 11.3. The summed E-state index contributed by atoms with van der Waals surface area (Å²) in [6, 6.07) is 1.82. The van der Waals surface area contributed by atoms with Gasteiger partial charge in [-0.25, -0.2) is 0 Å². The molecule has 0 aliphatic heterocycles. The average Bonchev–Trinajstić information content (AvgIpc) is 2.08. The summed E-state index contributed by atoms with van der Waals surface area (Å²) < 4.78 is 0. The number of hydrogen-bond acceptors (Lipinski definition) is 4. The standard InChI is InChI=1S/C8H11N3OS/c9-6-5-11-3-1-7(6)13-4-2-8(10)12/h1,3,5H,2,4,9H2,(H2,10,12). The lowest BCUT2D eigenvalue weighted by Gasteiger charge is -2.02. The van der Waals surface area contributed by atoms with Gasteiger partial charge in [0.05, 0.1) is 11.9 Å². The van der Waals surface area contributed by atoms with E-state index in [1.807, 2.05) is 6.07 Å². The fourth-order valence-electron chi connectivity index (χ4n) is 0.787. The van der Waals surface area contributed by atoms with E-state index in [1.54, 1.807) is 12.4 Å². The van der Waals surface area contributed by atoms with Crippen LogP contribution in [0.2, 0.25) is 0 Å². The minimum absolute atomic E-state index is 0.292. The van der Waals surface area contributed by atoms with Crippen molar-refractivity contribution in [1.29, 1.82) is 0 Å². The lowest BCUT2D eigenvalue weighted by Crippen LogP contribution is -2.10. The number of carbonyl (C=O) groups excluding carboxylic acids is 1. The Morgan fingerprint density at radius 3 is 3.00 bits per heavy atom. The molecular formula is C8H11N3OS. The van der Waals surface area contributed by atoms with E-state index in [9.17, 15) is 4.79 Å². The van der Waals surface area contributed by atoms with Gasteiger partial charge in [-0.05, 0) is 6.07 Å². The zero-order valence-electron chi connectivity index (χ0n) is 7.06. The van der Waals surface area contributed by atoms with Crippen LogP contribution >= 0.6 is 11.8 Å². The van der Waals surface area contributed by atoms with Crippen LogP contribution in [0, 0.1) is 0 Å². The summed E-state index contributed by atoms with van der Waals surface area (Å²) in [5, 5.41) is 0. The number of nitrogens with two attached hydrogens (primary N) is 2. The summed E-state index contributed by atoms with van der Waals surface area (Å²) in [6.45, 7) is 0. The van der Waals surface area contributed by atoms with E-state index in [1.165, 1.54) is 11.8 Å². The molecule has 0 fully saturated rings. The zero-order valence-corrected chi connectivity index (χ0v) is 7.88. The smallest absolute Gasteiger partial charge is 0.218 e. The van der Waals surface area contributed by atoms with Gasteiger partial charge in [-0.1, -0.05) is 0 Å². The molecule has 0 bridgehead atoms. The van der Waals surface area contributed by atoms with E-state index in [4.69, 9.17) is 11.5 Å². The fraction of sp³-hybridized carbons (Fsp3) is 0.250. The Balaban J connectivity index is 2.45. The van der Waals surface area contributed by atoms with Crippen molar-refractivity contribution in [3.8, 4) is 0 Å². The Morgan fingerprint density at radius 1 is 1.62 bits per heavy atom. The largest absolute Gasteiger partial charge is 0.397 e. The first-order valence-corrected chi connectivity index (χ1v) is 4.79. The topological polar surface area (TPSA) is 82.0 Å². The van der Waals surface area contributed by atoms with Gasteiger partial charge >= 0.3 is 0 Å². The molecule has 1 aromatic heterocycles. The number of nitrogens with zero attached hydrogens (tertiary/aromatic N) is 1. The quantitative estimate of drug-likeness (QED) is 0.694. The molecule has 1 rings (SSSR count). The minimum atomic E-state index is -0.292. The lowest BCUT2D eigenvalue weighted by molar-refractivity contribution is -0.117. The third-order valence-electron chi connectivity index (χ3n) is 1.42. The summed E-state index contributed by atoms with van der Waals surface area (Å²) in [5.74, 6) is 0.365. The molecule has 4 N–H and O–H groups in total. The highest BCUT2D eigenvalue weighted by Gasteiger charge is 2.00. The van der Waals surface area contributed by atoms with Crippen molar-refractivity contribution < 1.29 is 4.79 Å². The number of carbonyl (C=O) groups is 1. The number of amides is 1. The number of anilines is 1. The number of primary amides is 1. The van der Waals surface area contributed by atoms with E-state index in [0.29, 0.717) is 17.9 Å². The molecular weight excluding hydrogens is 186 g/mol. The molecule has 1 heterocycles. The molecule has 0 aromatic carbocycles. The molecule has 0 atom stereocenters. The maximum atomic E-state index is 10.4.